The second-order valence-electron chi connectivity index (χ2n) is 2.96. The third-order valence-electron chi connectivity index (χ3n) is 1.94. The highest BCUT2D eigenvalue weighted by Crippen LogP contribution is 2.05. The van der Waals surface area contributed by atoms with Crippen LogP contribution in [0.2, 0.25) is 0 Å². The highest BCUT2D eigenvalue weighted by molar-refractivity contribution is 5.73. The first-order valence-corrected chi connectivity index (χ1v) is 4.51. The molecule has 0 fully saturated rings. The van der Waals surface area contributed by atoms with Crippen molar-refractivity contribution in [3.05, 3.63) is 17.5 Å². The zero-order valence-electron chi connectivity index (χ0n) is 8.08. The zero-order chi connectivity index (χ0) is 9.84. The minimum atomic E-state index is -0.347. The lowest BCUT2D eigenvalue weighted by molar-refractivity contribution is -0.118. The van der Waals surface area contributed by atoms with Crippen molar-refractivity contribution in [3.8, 4) is 0 Å². The second kappa shape index (κ2) is 4.07. The van der Waals surface area contributed by atoms with Crippen LogP contribution in [0.1, 0.15) is 25.2 Å². The first-order chi connectivity index (χ1) is 6.17. The largest absolute Gasteiger partial charge is 0.368 e. The maximum absolute atomic E-state index is 10.7. The van der Waals surface area contributed by atoms with Crippen molar-refractivity contribution in [2.24, 2.45) is 5.73 Å². The Morgan fingerprint density at radius 1 is 1.54 bits per heavy atom. The molecule has 0 aliphatic carbocycles. The normalized spacial score (nSPS) is 10.3. The van der Waals surface area contributed by atoms with E-state index in [1.807, 2.05) is 19.9 Å². The average molecular weight is 181 g/mol. The van der Waals surface area contributed by atoms with Crippen LogP contribution in [0.4, 0.5) is 0 Å². The van der Waals surface area contributed by atoms with E-state index in [-0.39, 0.29) is 12.5 Å². The van der Waals surface area contributed by atoms with Gasteiger partial charge in [-0.2, -0.15) is 5.10 Å². The number of hydrogen-bond acceptors (Lipinski definition) is 2. The Hall–Kier alpha value is -1.32. The zero-order valence-corrected chi connectivity index (χ0v) is 8.08. The lowest BCUT2D eigenvalue weighted by atomic mass is 10.3. The van der Waals surface area contributed by atoms with Gasteiger partial charge in [-0.1, -0.05) is 13.8 Å². The summed E-state index contributed by atoms with van der Waals surface area (Å²) in [5, 5.41) is 4.26. The second-order valence-corrected chi connectivity index (χ2v) is 2.96. The van der Waals surface area contributed by atoms with Gasteiger partial charge in [-0.15, -0.1) is 0 Å². The molecule has 1 aromatic rings. The lowest BCUT2D eigenvalue weighted by Gasteiger charge is -2.01. The summed E-state index contributed by atoms with van der Waals surface area (Å²) < 4.78 is 1.68. The highest BCUT2D eigenvalue weighted by Gasteiger charge is 2.06. The summed E-state index contributed by atoms with van der Waals surface area (Å²) in [6.45, 7) is 4.26. The van der Waals surface area contributed by atoms with Gasteiger partial charge in [-0.25, -0.2) is 0 Å². The third-order valence-corrected chi connectivity index (χ3v) is 1.94. The number of primary amides is 1. The molecule has 1 amide bonds. The monoisotopic (exact) mass is 181 g/mol. The number of hydrogen-bond donors (Lipinski definition) is 1. The molecule has 0 aromatic carbocycles. The maximum atomic E-state index is 10.7. The molecule has 0 unspecified atom stereocenters. The quantitative estimate of drug-likeness (QED) is 0.735. The lowest BCUT2D eigenvalue weighted by Crippen LogP contribution is -2.20. The molecule has 13 heavy (non-hydrogen) atoms. The van der Waals surface area contributed by atoms with Crippen LogP contribution in [0.15, 0.2) is 6.07 Å². The molecule has 4 heteroatoms. The van der Waals surface area contributed by atoms with Crippen LogP contribution in [-0.4, -0.2) is 15.7 Å². The Morgan fingerprint density at radius 2 is 2.23 bits per heavy atom. The summed E-state index contributed by atoms with van der Waals surface area (Å²) in [5.41, 5.74) is 7.18. The molecule has 0 radical (unpaired) electrons. The van der Waals surface area contributed by atoms with Crippen molar-refractivity contribution in [3.63, 3.8) is 0 Å². The van der Waals surface area contributed by atoms with E-state index in [1.165, 1.54) is 0 Å². The van der Waals surface area contributed by atoms with E-state index in [0.717, 1.165) is 24.2 Å². The predicted molar refractivity (Wildman–Crippen MR) is 50.2 cm³/mol. The topological polar surface area (TPSA) is 60.9 Å². The summed E-state index contributed by atoms with van der Waals surface area (Å²) in [7, 11) is 0. The SMILES string of the molecule is CCc1cc(CC)n(CC(N)=O)n1. The van der Waals surface area contributed by atoms with Gasteiger partial charge < -0.3 is 5.73 Å². The standard InChI is InChI=1S/C9H15N3O/c1-3-7-5-8(4-2)12(11-7)6-9(10)13/h5H,3-4,6H2,1-2H3,(H2,10,13). The number of aryl methyl sites for hydroxylation is 2. The Morgan fingerprint density at radius 3 is 2.69 bits per heavy atom. The molecule has 0 bridgehead atoms. The molecule has 72 valence electrons. The van der Waals surface area contributed by atoms with Crippen molar-refractivity contribution in [1.82, 2.24) is 9.78 Å². The van der Waals surface area contributed by atoms with E-state index in [0.29, 0.717) is 0 Å². The van der Waals surface area contributed by atoms with Crippen LogP contribution in [0.3, 0.4) is 0 Å². The molecule has 4 nitrogen and oxygen atoms in total. The van der Waals surface area contributed by atoms with Crippen molar-refractivity contribution in [2.45, 2.75) is 33.2 Å². The Balaban J connectivity index is 2.90. The molecule has 0 aliphatic rings. The Kier molecular flexibility index (Phi) is 3.06. The van der Waals surface area contributed by atoms with E-state index < -0.39 is 0 Å². The molecule has 0 aliphatic heterocycles. The van der Waals surface area contributed by atoms with Gasteiger partial charge in [0.15, 0.2) is 0 Å². The van der Waals surface area contributed by atoms with Crippen LogP contribution >= 0.6 is 0 Å². The summed E-state index contributed by atoms with van der Waals surface area (Å²) in [4.78, 5) is 10.7. The molecule has 2 N–H and O–H groups in total. The van der Waals surface area contributed by atoms with Crippen LogP contribution in [-0.2, 0) is 24.2 Å². The molecular formula is C9H15N3O. The number of aromatic nitrogens is 2. The van der Waals surface area contributed by atoms with Gasteiger partial charge in [0.25, 0.3) is 0 Å². The Labute approximate surface area is 77.7 Å². The summed E-state index contributed by atoms with van der Waals surface area (Å²) >= 11 is 0. The van der Waals surface area contributed by atoms with Gasteiger partial charge in [0.05, 0.1) is 5.69 Å². The van der Waals surface area contributed by atoms with E-state index in [1.54, 1.807) is 4.68 Å². The fourth-order valence-electron chi connectivity index (χ4n) is 1.26. The molecule has 0 saturated heterocycles. The van der Waals surface area contributed by atoms with Gasteiger partial charge in [-0.05, 0) is 18.9 Å². The molecule has 1 heterocycles. The van der Waals surface area contributed by atoms with Gasteiger partial charge in [-0.3, -0.25) is 9.48 Å². The van der Waals surface area contributed by atoms with E-state index >= 15 is 0 Å². The van der Waals surface area contributed by atoms with Crippen LogP contribution in [0, 0.1) is 0 Å². The van der Waals surface area contributed by atoms with Gasteiger partial charge in [0, 0.05) is 5.69 Å². The number of rotatable bonds is 4. The minimum Gasteiger partial charge on any atom is -0.368 e. The number of nitrogens with two attached hydrogens (primary N) is 1. The number of carbonyl (C=O) groups is 1. The molecule has 0 atom stereocenters. The van der Waals surface area contributed by atoms with Crippen molar-refractivity contribution in [1.29, 1.82) is 0 Å². The first kappa shape index (κ1) is 9.77. The molecule has 0 spiro atoms. The van der Waals surface area contributed by atoms with Crippen LogP contribution in [0.25, 0.3) is 0 Å². The highest BCUT2D eigenvalue weighted by atomic mass is 16.1. The van der Waals surface area contributed by atoms with Gasteiger partial charge in [0.2, 0.25) is 5.91 Å². The van der Waals surface area contributed by atoms with E-state index in [2.05, 4.69) is 5.10 Å². The number of carbonyl (C=O) groups excluding carboxylic acids is 1. The van der Waals surface area contributed by atoms with Gasteiger partial charge in [0.1, 0.15) is 6.54 Å². The fourth-order valence-corrected chi connectivity index (χ4v) is 1.26. The number of amides is 1. The van der Waals surface area contributed by atoms with E-state index in [9.17, 15) is 4.79 Å². The minimum absolute atomic E-state index is 0.184. The summed E-state index contributed by atoms with van der Waals surface area (Å²) in [6, 6.07) is 2.02. The molecule has 1 rings (SSSR count). The van der Waals surface area contributed by atoms with Crippen molar-refractivity contribution in [2.75, 3.05) is 0 Å². The maximum Gasteiger partial charge on any atom is 0.239 e. The molecule has 0 saturated carbocycles. The van der Waals surface area contributed by atoms with Crippen molar-refractivity contribution < 1.29 is 4.79 Å². The first-order valence-electron chi connectivity index (χ1n) is 4.51. The number of nitrogens with zero attached hydrogens (tertiary/aromatic N) is 2. The molecule has 1 aromatic heterocycles. The predicted octanol–water partition coefficient (Wildman–Crippen LogP) is 0.493. The summed E-state index contributed by atoms with van der Waals surface area (Å²) in [6.07, 6.45) is 1.76. The Bertz CT molecular complexity index is 304. The average Bonchev–Trinajstić information content (AvgIpc) is 2.46. The van der Waals surface area contributed by atoms with Crippen LogP contribution < -0.4 is 5.73 Å². The fraction of sp³-hybridized carbons (Fsp3) is 0.556. The summed E-state index contributed by atoms with van der Waals surface area (Å²) in [5.74, 6) is -0.347. The van der Waals surface area contributed by atoms with Crippen molar-refractivity contribution >= 4 is 5.91 Å². The van der Waals surface area contributed by atoms with E-state index in [4.69, 9.17) is 5.73 Å². The third kappa shape index (κ3) is 2.31. The van der Waals surface area contributed by atoms with Gasteiger partial charge >= 0.3 is 0 Å². The molecular weight excluding hydrogens is 166 g/mol. The van der Waals surface area contributed by atoms with Crippen LogP contribution in [0.5, 0.6) is 0 Å². The smallest absolute Gasteiger partial charge is 0.239 e.